The van der Waals surface area contributed by atoms with Gasteiger partial charge in [-0.3, -0.25) is 4.79 Å². The molecule has 20 heavy (non-hydrogen) atoms. The number of para-hydroxylation sites is 1. The summed E-state index contributed by atoms with van der Waals surface area (Å²) in [5.41, 5.74) is 1.05. The monoisotopic (exact) mass is 342 g/mol. The van der Waals surface area contributed by atoms with Gasteiger partial charge < -0.3 is 15.0 Å². The number of nitrogens with one attached hydrogen (secondary N) is 1. The summed E-state index contributed by atoms with van der Waals surface area (Å²) in [6.07, 6.45) is 0. The molecule has 0 radical (unpaired) electrons. The SMILES string of the molecule is CCNCc1cccc(Br)c1OCC(=O)N(CC)CC. The largest absolute Gasteiger partial charge is 0.482 e. The van der Waals surface area contributed by atoms with E-state index in [0.29, 0.717) is 13.1 Å². The van der Waals surface area contributed by atoms with E-state index >= 15 is 0 Å². The van der Waals surface area contributed by atoms with Crippen LogP contribution in [0.2, 0.25) is 0 Å². The van der Waals surface area contributed by atoms with Crippen molar-refractivity contribution in [3.8, 4) is 5.75 Å². The highest BCUT2D eigenvalue weighted by Gasteiger charge is 2.13. The molecule has 0 aliphatic carbocycles. The van der Waals surface area contributed by atoms with Gasteiger partial charge in [-0.15, -0.1) is 0 Å². The molecule has 1 N–H and O–H groups in total. The van der Waals surface area contributed by atoms with Crippen molar-refractivity contribution in [1.29, 1.82) is 0 Å². The molecule has 0 aliphatic heterocycles. The molecule has 0 spiro atoms. The van der Waals surface area contributed by atoms with Crippen molar-refractivity contribution < 1.29 is 9.53 Å². The molecule has 5 heteroatoms. The van der Waals surface area contributed by atoms with Gasteiger partial charge in [0.2, 0.25) is 0 Å². The zero-order valence-electron chi connectivity index (χ0n) is 12.4. The third kappa shape index (κ3) is 4.80. The molecule has 4 nitrogen and oxygen atoms in total. The van der Waals surface area contributed by atoms with Gasteiger partial charge >= 0.3 is 0 Å². The highest BCUT2D eigenvalue weighted by molar-refractivity contribution is 9.10. The Labute approximate surface area is 129 Å². The van der Waals surface area contributed by atoms with Crippen LogP contribution in [0, 0.1) is 0 Å². The van der Waals surface area contributed by atoms with E-state index in [1.807, 2.05) is 32.0 Å². The van der Waals surface area contributed by atoms with Crippen LogP contribution in [-0.4, -0.2) is 37.0 Å². The fourth-order valence-electron chi connectivity index (χ4n) is 1.92. The quantitative estimate of drug-likeness (QED) is 0.789. The Morgan fingerprint density at radius 3 is 2.60 bits per heavy atom. The maximum absolute atomic E-state index is 12.0. The van der Waals surface area contributed by atoms with E-state index in [4.69, 9.17) is 4.74 Å². The van der Waals surface area contributed by atoms with Crippen LogP contribution in [0.5, 0.6) is 5.75 Å². The standard InChI is InChI=1S/C15H23BrN2O2/c1-4-17-10-12-8-7-9-13(16)15(12)20-11-14(19)18(5-2)6-3/h7-9,17H,4-6,10-11H2,1-3H3. The van der Waals surface area contributed by atoms with E-state index < -0.39 is 0 Å². The van der Waals surface area contributed by atoms with E-state index in [1.165, 1.54) is 0 Å². The number of ether oxygens (including phenoxy) is 1. The Bertz CT molecular complexity index is 434. The van der Waals surface area contributed by atoms with Crippen LogP contribution in [0.15, 0.2) is 22.7 Å². The summed E-state index contributed by atoms with van der Waals surface area (Å²) in [5.74, 6) is 0.758. The van der Waals surface area contributed by atoms with Crippen LogP contribution in [-0.2, 0) is 11.3 Å². The van der Waals surface area contributed by atoms with E-state index in [0.717, 1.165) is 28.9 Å². The number of hydrogen-bond donors (Lipinski definition) is 1. The maximum atomic E-state index is 12.0. The fourth-order valence-corrected chi connectivity index (χ4v) is 2.44. The summed E-state index contributed by atoms with van der Waals surface area (Å²) >= 11 is 3.48. The highest BCUT2D eigenvalue weighted by Crippen LogP contribution is 2.29. The molecule has 0 heterocycles. The number of likely N-dealkylation sites (N-methyl/N-ethyl adjacent to an activating group) is 1. The summed E-state index contributed by atoms with van der Waals surface area (Å²) in [4.78, 5) is 13.7. The lowest BCUT2D eigenvalue weighted by atomic mass is 10.2. The number of nitrogens with zero attached hydrogens (tertiary/aromatic N) is 1. The summed E-state index contributed by atoms with van der Waals surface area (Å²) in [6.45, 7) is 9.10. The predicted molar refractivity (Wildman–Crippen MR) is 84.9 cm³/mol. The second-order valence-electron chi connectivity index (χ2n) is 4.36. The summed E-state index contributed by atoms with van der Waals surface area (Å²) in [7, 11) is 0. The second-order valence-corrected chi connectivity index (χ2v) is 5.22. The fraction of sp³-hybridized carbons (Fsp3) is 0.533. The number of benzene rings is 1. The van der Waals surface area contributed by atoms with Crippen molar-refractivity contribution in [2.75, 3.05) is 26.2 Å². The van der Waals surface area contributed by atoms with Crippen LogP contribution < -0.4 is 10.1 Å². The van der Waals surface area contributed by atoms with Gasteiger partial charge in [0.15, 0.2) is 6.61 Å². The Balaban J connectivity index is 2.73. The molecule has 0 saturated carbocycles. The van der Waals surface area contributed by atoms with Crippen molar-refractivity contribution in [1.82, 2.24) is 10.2 Å². The molecule has 1 amide bonds. The van der Waals surface area contributed by atoms with Gasteiger partial charge in [-0.25, -0.2) is 0 Å². The molecule has 0 aromatic heterocycles. The number of hydrogen-bond acceptors (Lipinski definition) is 3. The van der Waals surface area contributed by atoms with Crippen LogP contribution in [0.4, 0.5) is 0 Å². The van der Waals surface area contributed by atoms with Gasteiger partial charge in [-0.2, -0.15) is 0 Å². The first kappa shape index (κ1) is 17.0. The normalized spacial score (nSPS) is 10.4. The zero-order valence-corrected chi connectivity index (χ0v) is 14.0. The lowest BCUT2D eigenvalue weighted by Crippen LogP contribution is -2.34. The maximum Gasteiger partial charge on any atom is 0.260 e. The van der Waals surface area contributed by atoms with E-state index in [9.17, 15) is 4.79 Å². The third-order valence-electron chi connectivity index (χ3n) is 3.07. The number of halogens is 1. The van der Waals surface area contributed by atoms with Crippen molar-refractivity contribution in [2.24, 2.45) is 0 Å². The lowest BCUT2D eigenvalue weighted by molar-refractivity contribution is -0.133. The first-order valence-electron chi connectivity index (χ1n) is 7.02. The Morgan fingerprint density at radius 1 is 1.30 bits per heavy atom. The smallest absolute Gasteiger partial charge is 0.260 e. The van der Waals surface area contributed by atoms with Crippen LogP contribution in [0.1, 0.15) is 26.3 Å². The molecular weight excluding hydrogens is 320 g/mol. The van der Waals surface area contributed by atoms with E-state index in [-0.39, 0.29) is 12.5 Å². The van der Waals surface area contributed by atoms with Crippen LogP contribution >= 0.6 is 15.9 Å². The third-order valence-corrected chi connectivity index (χ3v) is 3.69. The molecule has 0 unspecified atom stereocenters. The molecule has 0 fully saturated rings. The van der Waals surface area contributed by atoms with Gasteiger partial charge in [0.1, 0.15) is 5.75 Å². The number of amides is 1. The summed E-state index contributed by atoms with van der Waals surface area (Å²) in [6, 6.07) is 5.90. The molecule has 1 aromatic rings. The second kappa shape index (κ2) is 8.97. The molecule has 0 bridgehead atoms. The van der Waals surface area contributed by atoms with Gasteiger partial charge in [0, 0.05) is 25.2 Å². The lowest BCUT2D eigenvalue weighted by Gasteiger charge is -2.20. The first-order chi connectivity index (χ1) is 9.63. The highest BCUT2D eigenvalue weighted by atomic mass is 79.9. The number of rotatable bonds is 8. The van der Waals surface area contributed by atoms with Crippen molar-refractivity contribution in [2.45, 2.75) is 27.3 Å². The van der Waals surface area contributed by atoms with Gasteiger partial charge in [-0.05, 0) is 42.4 Å². The topological polar surface area (TPSA) is 41.6 Å². The molecule has 112 valence electrons. The number of carbonyl (C=O) groups is 1. The first-order valence-corrected chi connectivity index (χ1v) is 7.81. The van der Waals surface area contributed by atoms with Gasteiger partial charge in [-0.1, -0.05) is 19.1 Å². The summed E-state index contributed by atoms with van der Waals surface area (Å²) < 4.78 is 6.61. The molecule has 0 aliphatic rings. The Kier molecular flexibility index (Phi) is 7.62. The molecule has 0 atom stereocenters. The average Bonchev–Trinajstić information content (AvgIpc) is 2.45. The van der Waals surface area contributed by atoms with Crippen LogP contribution in [0.3, 0.4) is 0 Å². The molecule has 0 saturated heterocycles. The number of carbonyl (C=O) groups excluding carboxylic acids is 1. The van der Waals surface area contributed by atoms with Crippen LogP contribution in [0.25, 0.3) is 0 Å². The minimum atomic E-state index is 0.0140. The molecular formula is C15H23BrN2O2. The van der Waals surface area contributed by atoms with Crippen molar-refractivity contribution >= 4 is 21.8 Å². The molecule has 1 rings (SSSR count). The minimum Gasteiger partial charge on any atom is -0.482 e. The van der Waals surface area contributed by atoms with Gasteiger partial charge in [0.25, 0.3) is 5.91 Å². The van der Waals surface area contributed by atoms with E-state index in [1.54, 1.807) is 4.90 Å². The Morgan fingerprint density at radius 2 is 2.00 bits per heavy atom. The average molecular weight is 343 g/mol. The predicted octanol–water partition coefficient (Wildman–Crippen LogP) is 2.81. The summed E-state index contributed by atoms with van der Waals surface area (Å²) in [5, 5.41) is 3.27. The van der Waals surface area contributed by atoms with Crippen molar-refractivity contribution in [3.63, 3.8) is 0 Å². The zero-order chi connectivity index (χ0) is 15.0. The van der Waals surface area contributed by atoms with Gasteiger partial charge in [0.05, 0.1) is 4.47 Å². The molecule has 1 aromatic carbocycles. The minimum absolute atomic E-state index is 0.0140. The van der Waals surface area contributed by atoms with E-state index in [2.05, 4.69) is 28.2 Å². The van der Waals surface area contributed by atoms with Crippen molar-refractivity contribution in [3.05, 3.63) is 28.2 Å². The Hall–Kier alpha value is -1.07.